The lowest BCUT2D eigenvalue weighted by Gasteiger charge is -2.23. The zero-order valence-corrected chi connectivity index (χ0v) is 30.2. The maximum Gasteiger partial charge on any atom is 0.434 e. The molecule has 0 bridgehead atoms. The van der Waals surface area contributed by atoms with Gasteiger partial charge in [0.15, 0.2) is 0 Å². The second-order valence-corrected chi connectivity index (χ2v) is 12.3. The molecule has 0 saturated carbocycles. The first-order chi connectivity index (χ1) is 23.9. The van der Waals surface area contributed by atoms with Crippen LogP contribution in [0.4, 0.5) is 17.3 Å². The zero-order valence-electron chi connectivity index (χ0n) is 27.2. The van der Waals surface area contributed by atoms with Gasteiger partial charge in [0.1, 0.15) is 24.5 Å². The van der Waals surface area contributed by atoms with Gasteiger partial charge in [-0.15, -0.1) is 46.4 Å². The number of nitrogens with two attached hydrogens (primary N) is 1. The van der Waals surface area contributed by atoms with Crippen molar-refractivity contribution >= 4 is 81.6 Å². The number of halogens is 4. The van der Waals surface area contributed by atoms with Gasteiger partial charge in [0.2, 0.25) is 5.91 Å². The summed E-state index contributed by atoms with van der Waals surface area (Å²) in [5.41, 5.74) is 9.07. The van der Waals surface area contributed by atoms with Gasteiger partial charge in [-0.05, 0) is 46.7 Å². The summed E-state index contributed by atoms with van der Waals surface area (Å²) >= 11 is 23.1. The van der Waals surface area contributed by atoms with Crippen LogP contribution in [0.5, 0.6) is 0 Å². The first-order valence-electron chi connectivity index (χ1n) is 15.5. The summed E-state index contributed by atoms with van der Waals surface area (Å²) in [6.45, 7) is 2.73. The molecular formula is C32H41Cl4N7O7. The number of hydrogen-bond acceptors (Lipinski definition) is 9. The zero-order chi connectivity index (χ0) is 37.1. The highest BCUT2D eigenvalue weighted by molar-refractivity contribution is 6.19. The molecule has 274 valence electrons. The third-order valence-corrected chi connectivity index (χ3v) is 7.98. The number of nitrogens with zero attached hydrogens (tertiary/aromatic N) is 5. The molecule has 0 fully saturated rings. The molecule has 50 heavy (non-hydrogen) atoms. The predicted molar refractivity (Wildman–Crippen MR) is 196 cm³/mol. The molecule has 1 amide bonds. The highest BCUT2D eigenvalue weighted by Gasteiger charge is 2.22. The Morgan fingerprint density at radius 1 is 0.820 bits per heavy atom. The van der Waals surface area contributed by atoms with Gasteiger partial charge < -0.3 is 41.2 Å². The molecule has 18 heteroatoms. The van der Waals surface area contributed by atoms with Crippen LogP contribution in [0.1, 0.15) is 17.5 Å². The lowest BCUT2D eigenvalue weighted by molar-refractivity contribution is -0.396. The van der Waals surface area contributed by atoms with Gasteiger partial charge >= 0.3 is 17.9 Å². The minimum absolute atomic E-state index is 0.0140. The molecule has 2 atom stereocenters. The molecule has 2 unspecified atom stereocenters. The molecular weight excluding hydrogens is 736 g/mol. The van der Waals surface area contributed by atoms with Gasteiger partial charge in [0, 0.05) is 67.5 Å². The van der Waals surface area contributed by atoms with Crippen LogP contribution >= 0.6 is 46.4 Å². The number of alkyl halides is 4. The minimum Gasteiger partial charge on any atom is -0.480 e. The molecule has 1 aromatic heterocycles. The Kier molecular flexibility index (Phi) is 19.3. The van der Waals surface area contributed by atoms with Gasteiger partial charge in [0.05, 0.1) is 13.0 Å². The maximum atomic E-state index is 12.2. The van der Waals surface area contributed by atoms with E-state index in [9.17, 15) is 29.6 Å². The maximum absolute atomic E-state index is 12.2. The molecule has 14 nitrogen and oxygen atoms in total. The molecule has 2 aromatic carbocycles. The Morgan fingerprint density at radius 3 is 1.68 bits per heavy atom. The average Bonchev–Trinajstić information content (AvgIpc) is 3.57. The van der Waals surface area contributed by atoms with E-state index in [1.807, 2.05) is 41.3 Å². The van der Waals surface area contributed by atoms with Gasteiger partial charge in [0.25, 0.3) is 0 Å². The molecule has 0 saturated heterocycles. The molecule has 5 N–H and O–H groups in total. The number of aryl methyl sites for hydroxylation is 1. The van der Waals surface area contributed by atoms with Crippen molar-refractivity contribution < 1.29 is 29.5 Å². The van der Waals surface area contributed by atoms with Crippen molar-refractivity contribution in [3.8, 4) is 0 Å². The first-order valence-corrected chi connectivity index (χ1v) is 17.7. The number of rotatable bonds is 21. The average molecular weight is 778 g/mol. The Bertz CT molecular complexity index is 1480. The Labute approximate surface area is 310 Å². The number of carboxylic acid groups (broad SMARTS) is 2. The van der Waals surface area contributed by atoms with Crippen molar-refractivity contribution in [3.05, 3.63) is 82.2 Å². The van der Waals surface area contributed by atoms with Crippen LogP contribution in [0.15, 0.2) is 60.9 Å². The summed E-state index contributed by atoms with van der Waals surface area (Å²) in [4.78, 5) is 52.4. The third-order valence-electron chi connectivity index (χ3n) is 7.30. The van der Waals surface area contributed by atoms with Gasteiger partial charge in [-0.3, -0.25) is 9.59 Å². The van der Waals surface area contributed by atoms with E-state index in [1.54, 1.807) is 12.1 Å². The van der Waals surface area contributed by atoms with Gasteiger partial charge in [-0.2, -0.15) is 0 Å². The standard InChI is InChI=1S/C19H23Cl2N5O5.C13H18Cl2N2O2/c20-6-10-24(11-7-21)15-3-1-14(2-4-15)13-16(18(28)29)23-17(27)5-9-25-12-8-22-19(25)26(30)31;14-5-7-17(8-6-15)11-3-1-10(2-4-11)9-12(16)13(18)19/h1-4,8,12,16H,5-7,9-11,13H2,(H,23,27)(H,28,29);1-4,12H,5-9,16H2,(H,18,19). The number of nitrogens with one attached hydrogen (secondary N) is 1. The van der Waals surface area contributed by atoms with Gasteiger partial charge in [-0.1, -0.05) is 29.2 Å². The van der Waals surface area contributed by atoms with Crippen molar-refractivity contribution in [1.82, 2.24) is 14.9 Å². The molecule has 0 radical (unpaired) electrons. The lowest BCUT2D eigenvalue weighted by atomic mass is 10.0. The van der Waals surface area contributed by atoms with Crippen LogP contribution < -0.4 is 20.9 Å². The number of carbonyl (C=O) groups excluding carboxylic acids is 1. The third kappa shape index (κ3) is 14.6. The fourth-order valence-corrected chi connectivity index (χ4v) is 5.56. The van der Waals surface area contributed by atoms with E-state index in [2.05, 4.69) is 15.2 Å². The fourth-order valence-electron chi connectivity index (χ4n) is 4.75. The summed E-state index contributed by atoms with van der Waals surface area (Å²) in [5.74, 6) is -1.10. The number of aromatic nitrogens is 2. The summed E-state index contributed by atoms with van der Waals surface area (Å²) in [6, 6.07) is 12.9. The minimum atomic E-state index is -1.17. The fraction of sp³-hybridized carbons (Fsp3) is 0.438. The smallest absolute Gasteiger partial charge is 0.434 e. The molecule has 0 spiro atoms. The summed E-state index contributed by atoms with van der Waals surface area (Å²) < 4.78 is 1.22. The number of amides is 1. The second-order valence-electron chi connectivity index (χ2n) is 10.8. The number of nitro groups is 1. The lowest BCUT2D eigenvalue weighted by Crippen LogP contribution is -2.42. The first kappa shape index (κ1) is 42.3. The largest absolute Gasteiger partial charge is 0.480 e. The monoisotopic (exact) mass is 775 g/mol. The topological polar surface area (TPSA) is 197 Å². The molecule has 1 heterocycles. The van der Waals surface area contributed by atoms with Crippen LogP contribution in [0.25, 0.3) is 0 Å². The van der Waals surface area contributed by atoms with E-state index in [0.717, 1.165) is 35.6 Å². The van der Waals surface area contributed by atoms with Crippen molar-refractivity contribution in [2.75, 3.05) is 59.5 Å². The van der Waals surface area contributed by atoms with E-state index in [1.165, 1.54) is 17.0 Å². The van der Waals surface area contributed by atoms with Crippen LogP contribution in [0.2, 0.25) is 0 Å². The number of hydrogen-bond donors (Lipinski definition) is 4. The summed E-state index contributed by atoms with van der Waals surface area (Å²) in [7, 11) is 0. The Balaban J connectivity index is 0.000000391. The number of carboxylic acids is 2. The van der Waals surface area contributed by atoms with Crippen LogP contribution in [0.3, 0.4) is 0 Å². The Morgan fingerprint density at radius 2 is 1.28 bits per heavy atom. The van der Waals surface area contributed by atoms with Crippen LogP contribution in [0, 0.1) is 10.1 Å². The van der Waals surface area contributed by atoms with E-state index in [-0.39, 0.29) is 25.3 Å². The molecule has 0 aliphatic heterocycles. The number of carbonyl (C=O) groups is 3. The number of anilines is 2. The van der Waals surface area contributed by atoms with Crippen molar-refractivity contribution in [1.29, 1.82) is 0 Å². The van der Waals surface area contributed by atoms with Crippen molar-refractivity contribution in [2.24, 2.45) is 5.73 Å². The van der Waals surface area contributed by atoms with Crippen molar-refractivity contribution in [2.45, 2.75) is 37.9 Å². The summed E-state index contributed by atoms with van der Waals surface area (Å²) in [6.07, 6.45) is 2.95. The molecule has 3 rings (SSSR count). The normalized spacial score (nSPS) is 11.9. The number of aliphatic carboxylic acids is 2. The predicted octanol–water partition coefficient (Wildman–Crippen LogP) is 4.20. The van der Waals surface area contributed by atoms with E-state index in [4.69, 9.17) is 57.2 Å². The molecule has 3 aromatic rings. The highest BCUT2D eigenvalue weighted by atomic mass is 35.5. The van der Waals surface area contributed by atoms with E-state index >= 15 is 0 Å². The Hall–Kier alpha value is -3.82. The highest BCUT2D eigenvalue weighted by Crippen LogP contribution is 2.18. The SMILES string of the molecule is NC(Cc1ccc(N(CCCl)CCCl)cc1)C(=O)O.O=C(CCn1ccnc1[N+](=O)[O-])NC(Cc1ccc(N(CCCl)CCCl)cc1)C(=O)O. The molecule has 0 aliphatic rings. The molecule has 0 aliphatic carbocycles. The quantitative estimate of drug-likeness (QED) is 0.0688. The number of benzene rings is 2. The van der Waals surface area contributed by atoms with Gasteiger partial charge in [-0.25, -0.2) is 9.36 Å². The van der Waals surface area contributed by atoms with E-state index in [0.29, 0.717) is 43.0 Å². The van der Waals surface area contributed by atoms with Crippen LogP contribution in [-0.2, 0) is 33.8 Å². The van der Waals surface area contributed by atoms with Crippen molar-refractivity contribution in [3.63, 3.8) is 0 Å². The van der Waals surface area contributed by atoms with Crippen LogP contribution in [-0.4, -0.2) is 104 Å². The van der Waals surface area contributed by atoms with E-state index < -0.39 is 34.9 Å². The number of imidazole rings is 1. The summed E-state index contributed by atoms with van der Waals surface area (Å²) in [5, 5.41) is 31.6. The second kappa shape index (κ2) is 22.8.